The van der Waals surface area contributed by atoms with E-state index in [1.165, 1.54) is 0 Å². The van der Waals surface area contributed by atoms with Gasteiger partial charge in [0.2, 0.25) is 0 Å². The van der Waals surface area contributed by atoms with Crippen molar-refractivity contribution in [1.29, 1.82) is 0 Å². The Morgan fingerprint density at radius 1 is 1.08 bits per heavy atom. The summed E-state index contributed by atoms with van der Waals surface area (Å²) < 4.78 is 0. The molecular weight excluding hydrogens is 328 g/mol. The van der Waals surface area contributed by atoms with Crippen LogP contribution >= 0.6 is 0 Å². The zero-order valence-electron chi connectivity index (χ0n) is 15.0. The number of anilines is 1. The Bertz CT molecular complexity index is 782. The lowest BCUT2D eigenvalue weighted by molar-refractivity contribution is 0.0731. The maximum absolute atomic E-state index is 12.6. The molecule has 0 atom stereocenters. The summed E-state index contributed by atoms with van der Waals surface area (Å²) in [6, 6.07) is 11.5. The molecule has 2 fully saturated rings. The van der Waals surface area contributed by atoms with E-state index in [4.69, 9.17) is 0 Å². The summed E-state index contributed by atoms with van der Waals surface area (Å²) in [5, 5.41) is 9.55. The zero-order chi connectivity index (χ0) is 18.1. The van der Waals surface area contributed by atoms with Crippen LogP contribution in [0.2, 0.25) is 0 Å². The Kier molecular flexibility index (Phi) is 4.59. The van der Waals surface area contributed by atoms with Gasteiger partial charge >= 0.3 is 0 Å². The lowest BCUT2D eigenvalue weighted by Crippen LogP contribution is -2.49. The molecule has 1 aliphatic carbocycles. The third kappa shape index (κ3) is 3.42. The fourth-order valence-electron chi connectivity index (χ4n) is 3.68. The smallest absolute Gasteiger partial charge is 0.253 e. The van der Waals surface area contributed by atoms with Gasteiger partial charge in [-0.15, -0.1) is 0 Å². The van der Waals surface area contributed by atoms with Gasteiger partial charge in [0.05, 0.1) is 6.10 Å². The quantitative estimate of drug-likeness (QED) is 0.915. The second-order valence-electron chi connectivity index (χ2n) is 7.17. The van der Waals surface area contributed by atoms with Crippen molar-refractivity contribution in [2.45, 2.75) is 31.8 Å². The maximum Gasteiger partial charge on any atom is 0.253 e. The van der Waals surface area contributed by atoms with E-state index >= 15 is 0 Å². The Balaban J connectivity index is 1.42. The highest BCUT2D eigenvalue weighted by molar-refractivity contribution is 5.94. The third-order valence-electron chi connectivity index (χ3n) is 5.29. The van der Waals surface area contributed by atoms with Crippen LogP contribution in [-0.2, 0) is 0 Å². The number of amides is 1. The summed E-state index contributed by atoms with van der Waals surface area (Å²) >= 11 is 0. The molecule has 6 nitrogen and oxygen atoms in total. The number of aromatic nitrogens is 2. The molecule has 2 aliphatic rings. The first-order valence-electron chi connectivity index (χ1n) is 9.23. The minimum Gasteiger partial charge on any atom is -0.393 e. The van der Waals surface area contributed by atoms with Crippen LogP contribution in [0, 0.1) is 6.92 Å². The minimum atomic E-state index is -0.189. The number of aryl methyl sites for hydroxylation is 1. The molecule has 0 radical (unpaired) electrons. The number of nitrogens with zero attached hydrogens (tertiary/aromatic N) is 4. The highest BCUT2D eigenvalue weighted by atomic mass is 16.3. The molecule has 2 aromatic rings. The van der Waals surface area contributed by atoms with E-state index in [2.05, 4.69) is 20.9 Å². The van der Waals surface area contributed by atoms with Crippen LogP contribution < -0.4 is 4.90 Å². The number of carbonyl (C=O) groups excluding carboxylic acids is 1. The molecule has 1 amide bonds. The van der Waals surface area contributed by atoms with E-state index in [0.29, 0.717) is 19.0 Å². The van der Waals surface area contributed by atoms with Crippen molar-refractivity contribution in [2.24, 2.45) is 0 Å². The first-order chi connectivity index (χ1) is 12.6. The molecule has 6 heteroatoms. The fourth-order valence-corrected chi connectivity index (χ4v) is 3.68. The zero-order valence-corrected chi connectivity index (χ0v) is 15.0. The number of carbonyl (C=O) groups is 1. The first-order valence-corrected chi connectivity index (χ1v) is 9.23. The van der Waals surface area contributed by atoms with Gasteiger partial charge in [0.25, 0.3) is 5.91 Å². The molecule has 4 rings (SSSR count). The largest absolute Gasteiger partial charge is 0.393 e. The van der Waals surface area contributed by atoms with Crippen LogP contribution in [0.5, 0.6) is 0 Å². The van der Waals surface area contributed by atoms with Crippen LogP contribution in [0.15, 0.2) is 36.4 Å². The summed E-state index contributed by atoms with van der Waals surface area (Å²) in [5.41, 5.74) is 1.77. The third-order valence-corrected chi connectivity index (χ3v) is 5.29. The van der Waals surface area contributed by atoms with Gasteiger partial charge in [0.1, 0.15) is 11.6 Å². The highest BCUT2D eigenvalue weighted by Gasteiger charge is 2.31. The summed E-state index contributed by atoms with van der Waals surface area (Å²) in [5.74, 6) is 2.13. The molecule has 1 N–H and O–H groups in total. The normalized spacial score (nSPS) is 22.8. The molecule has 1 aliphatic heterocycles. The van der Waals surface area contributed by atoms with Gasteiger partial charge in [-0.1, -0.05) is 18.2 Å². The lowest BCUT2D eigenvalue weighted by atomic mass is 9.80. The van der Waals surface area contributed by atoms with Crippen LogP contribution in [0.3, 0.4) is 0 Å². The van der Waals surface area contributed by atoms with Crippen molar-refractivity contribution in [2.75, 3.05) is 31.1 Å². The summed E-state index contributed by atoms with van der Waals surface area (Å²) in [6.45, 7) is 4.82. The molecule has 2 heterocycles. The number of hydrogen-bond donors (Lipinski definition) is 1. The van der Waals surface area contributed by atoms with Gasteiger partial charge in [0.15, 0.2) is 0 Å². The van der Waals surface area contributed by atoms with Crippen LogP contribution in [-0.4, -0.2) is 58.2 Å². The molecule has 136 valence electrons. The topological polar surface area (TPSA) is 69.6 Å². The molecule has 0 spiro atoms. The Hall–Kier alpha value is -2.47. The molecule has 0 bridgehead atoms. The van der Waals surface area contributed by atoms with Crippen molar-refractivity contribution in [3.05, 3.63) is 53.5 Å². The predicted octanol–water partition coefficient (Wildman–Crippen LogP) is 1.99. The lowest BCUT2D eigenvalue weighted by Gasteiger charge is -2.36. The van der Waals surface area contributed by atoms with E-state index in [1.807, 2.05) is 42.2 Å². The second-order valence-corrected chi connectivity index (χ2v) is 7.17. The average molecular weight is 352 g/mol. The van der Waals surface area contributed by atoms with E-state index in [1.54, 1.807) is 0 Å². The van der Waals surface area contributed by atoms with E-state index in [-0.39, 0.29) is 12.0 Å². The maximum atomic E-state index is 12.6. The van der Waals surface area contributed by atoms with Crippen molar-refractivity contribution < 1.29 is 9.90 Å². The van der Waals surface area contributed by atoms with Crippen molar-refractivity contribution >= 4 is 11.7 Å². The molecule has 1 aromatic heterocycles. The molecular formula is C20H24N4O2. The molecule has 0 unspecified atom stereocenters. The van der Waals surface area contributed by atoms with Gasteiger partial charge in [-0.25, -0.2) is 9.97 Å². The Morgan fingerprint density at radius 2 is 1.77 bits per heavy atom. The molecule has 1 aromatic carbocycles. The fraction of sp³-hybridized carbons (Fsp3) is 0.450. The summed E-state index contributed by atoms with van der Waals surface area (Å²) in [4.78, 5) is 25.9. The van der Waals surface area contributed by atoms with Crippen LogP contribution in [0.4, 0.5) is 5.82 Å². The molecule has 1 saturated heterocycles. The average Bonchev–Trinajstić information content (AvgIpc) is 2.65. The Morgan fingerprint density at radius 3 is 2.42 bits per heavy atom. The number of aliphatic hydroxyl groups is 1. The van der Waals surface area contributed by atoms with E-state index < -0.39 is 0 Å². The van der Waals surface area contributed by atoms with Crippen LogP contribution in [0.1, 0.15) is 40.6 Å². The standard InChI is InChI=1S/C20H24N4O2/c1-14-21-18(16-11-17(25)12-16)13-19(22-14)23-7-9-24(10-8-23)20(26)15-5-3-2-4-6-15/h2-6,13,16-17,25H,7-12H2,1H3. The van der Waals surface area contributed by atoms with Crippen molar-refractivity contribution in [3.63, 3.8) is 0 Å². The van der Waals surface area contributed by atoms with Gasteiger partial charge in [0, 0.05) is 49.4 Å². The van der Waals surface area contributed by atoms with Gasteiger partial charge < -0.3 is 14.9 Å². The monoisotopic (exact) mass is 352 g/mol. The summed E-state index contributed by atoms with van der Waals surface area (Å²) in [7, 11) is 0. The minimum absolute atomic E-state index is 0.0910. The van der Waals surface area contributed by atoms with Crippen molar-refractivity contribution in [3.8, 4) is 0 Å². The van der Waals surface area contributed by atoms with Crippen LogP contribution in [0.25, 0.3) is 0 Å². The predicted molar refractivity (Wildman–Crippen MR) is 99.3 cm³/mol. The number of benzene rings is 1. The Labute approximate surface area is 153 Å². The number of hydrogen-bond acceptors (Lipinski definition) is 5. The van der Waals surface area contributed by atoms with E-state index in [9.17, 15) is 9.90 Å². The summed E-state index contributed by atoms with van der Waals surface area (Å²) in [6.07, 6.45) is 1.39. The molecule has 26 heavy (non-hydrogen) atoms. The molecule has 1 saturated carbocycles. The first kappa shape index (κ1) is 17.0. The number of piperazine rings is 1. The highest BCUT2D eigenvalue weighted by Crippen LogP contribution is 2.36. The van der Waals surface area contributed by atoms with Gasteiger partial charge in [-0.3, -0.25) is 4.79 Å². The van der Waals surface area contributed by atoms with Crippen molar-refractivity contribution in [1.82, 2.24) is 14.9 Å². The van der Waals surface area contributed by atoms with E-state index in [0.717, 1.165) is 48.8 Å². The second kappa shape index (κ2) is 7.03. The SMILES string of the molecule is Cc1nc(C2CC(O)C2)cc(N2CCN(C(=O)c3ccccc3)CC2)n1. The number of rotatable bonds is 3. The van der Waals surface area contributed by atoms with Gasteiger partial charge in [-0.2, -0.15) is 0 Å². The van der Waals surface area contributed by atoms with Gasteiger partial charge in [-0.05, 0) is 31.9 Å². The number of aliphatic hydroxyl groups excluding tert-OH is 1.